The van der Waals surface area contributed by atoms with Crippen LogP contribution in [-0.2, 0) is 27.2 Å². The Kier molecular flexibility index (Phi) is 11.2. The number of fused-ring (bicyclic) bond motifs is 1. The molecular formula is C36H49B2N5O7. The molecule has 4 aliphatic rings. The van der Waals surface area contributed by atoms with Gasteiger partial charge >= 0.3 is 18.1 Å². The van der Waals surface area contributed by atoms with Crippen molar-refractivity contribution >= 4 is 56.3 Å². The molecule has 0 aliphatic carbocycles. The second kappa shape index (κ2) is 15.8. The highest BCUT2D eigenvalue weighted by Gasteiger charge is 2.37. The number of phenolic OH excluding ortho intramolecular Hbond substituents is 1. The smallest absolute Gasteiger partial charge is 0.410 e. The number of carbonyl (C=O) groups is 4. The Balaban J connectivity index is 1.06. The van der Waals surface area contributed by atoms with Gasteiger partial charge in [-0.25, -0.2) is 9.59 Å². The van der Waals surface area contributed by atoms with Crippen molar-refractivity contribution in [2.45, 2.75) is 63.5 Å². The van der Waals surface area contributed by atoms with E-state index in [-0.39, 0.29) is 36.7 Å². The van der Waals surface area contributed by atoms with Gasteiger partial charge in [0.1, 0.15) is 21.4 Å². The summed E-state index contributed by atoms with van der Waals surface area (Å²) >= 11 is 0. The van der Waals surface area contributed by atoms with Gasteiger partial charge in [0.25, 0.3) is 5.91 Å². The first-order chi connectivity index (χ1) is 24.0. The summed E-state index contributed by atoms with van der Waals surface area (Å²) in [7, 11) is 3.64. The van der Waals surface area contributed by atoms with Crippen molar-refractivity contribution in [1.29, 1.82) is 0 Å². The van der Waals surface area contributed by atoms with Crippen LogP contribution in [0.4, 0.5) is 15.3 Å². The summed E-state index contributed by atoms with van der Waals surface area (Å²) < 4.78 is 6.06. The predicted octanol–water partition coefficient (Wildman–Crippen LogP) is 0.547. The first kappa shape index (κ1) is 35.6. The van der Waals surface area contributed by atoms with Gasteiger partial charge in [-0.05, 0) is 98.0 Å². The Morgan fingerprint density at radius 3 is 2.10 bits per heavy atom. The molecule has 4 amide bonds. The number of aromatic hydroxyl groups is 1. The molecule has 0 aromatic heterocycles. The minimum absolute atomic E-state index is 0.000518. The fraction of sp³-hybridized carbons (Fsp3) is 0.556. The number of rotatable bonds is 8. The molecule has 0 spiro atoms. The van der Waals surface area contributed by atoms with Crippen molar-refractivity contribution in [2.75, 3.05) is 57.7 Å². The zero-order valence-electron chi connectivity index (χ0n) is 29.3. The number of nitrogens with one attached hydrogen (secondary N) is 1. The second-order valence-electron chi connectivity index (χ2n) is 14.6. The predicted molar refractivity (Wildman–Crippen MR) is 195 cm³/mol. The van der Waals surface area contributed by atoms with Gasteiger partial charge in [-0.2, -0.15) is 0 Å². The molecule has 3 saturated heterocycles. The number of amides is 4. The minimum atomic E-state index is -1.01. The van der Waals surface area contributed by atoms with Crippen LogP contribution < -0.4 is 16.2 Å². The van der Waals surface area contributed by atoms with Crippen LogP contribution in [0, 0.1) is 11.8 Å². The summed E-state index contributed by atoms with van der Waals surface area (Å²) in [5, 5.41) is 22.5. The van der Waals surface area contributed by atoms with Gasteiger partial charge in [0.2, 0.25) is 0 Å². The number of aliphatic carboxylic acids is 1. The lowest BCUT2D eigenvalue weighted by Crippen LogP contribution is -2.52. The molecule has 4 heterocycles. The SMILES string of the molecule is Bc1cc(C[C@@H](OC(=O)N2CCC(N3CCc4ccccc4NC3=O)CC2)C(=O)N2CCC(C3CCN(CC(=O)O)CC3)CC2)cc(B)c1O. The molecule has 14 heteroatoms. The van der Waals surface area contributed by atoms with Gasteiger partial charge in [0.05, 0.1) is 6.54 Å². The lowest BCUT2D eigenvalue weighted by Gasteiger charge is -2.41. The standard InChI is InChI=1S/C36H49B2N5O7/c37-28-19-23(20-29(38)33(28)46)21-31(34(47)41-14-7-25(8-15-41)24-5-12-40(13-6-24)22-32(44)45)50-36(49)42-16-10-27(11-17-42)43-18-9-26-3-1-2-4-30(26)39-35(43)48/h1-4,19-20,24-25,27,31,46H,5-18,21-22,37-38H2,(H,39,48)(H,44,45)/t31-/m1/s1. The van der Waals surface area contributed by atoms with Gasteiger partial charge in [0, 0.05) is 50.9 Å². The van der Waals surface area contributed by atoms with Crippen LogP contribution in [0.2, 0.25) is 0 Å². The Morgan fingerprint density at radius 1 is 0.860 bits per heavy atom. The number of phenols is 1. The first-order valence-corrected chi connectivity index (χ1v) is 18.2. The van der Waals surface area contributed by atoms with Crippen LogP contribution in [0.5, 0.6) is 5.75 Å². The summed E-state index contributed by atoms with van der Waals surface area (Å²) in [4.78, 5) is 59.3. The lowest BCUT2D eigenvalue weighted by atomic mass is 9.78. The molecule has 4 aliphatic heterocycles. The number of piperidine rings is 3. The fourth-order valence-electron chi connectivity index (χ4n) is 8.42. The van der Waals surface area contributed by atoms with E-state index in [9.17, 15) is 24.3 Å². The molecule has 3 N–H and O–H groups in total. The monoisotopic (exact) mass is 685 g/mol. The van der Waals surface area contributed by atoms with Crippen molar-refractivity contribution in [1.82, 2.24) is 19.6 Å². The van der Waals surface area contributed by atoms with Crippen LogP contribution in [0.25, 0.3) is 0 Å². The van der Waals surface area contributed by atoms with E-state index in [2.05, 4.69) is 5.32 Å². The zero-order valence-corrected chi connectivity index (χ0v) is 29.3. The topological polar surface area (TPSA) is 143 Å². The van der Waals surface area contributed by atoms with Gasteiger partial charge in [-0.15, -0.1) is 0 Å². The summed E-state index contributed by atoms with van der Waals surface area (Å²) in [5.74, 6) is 0.228. The molecule has 2 aromatic carbocycles. The number of carboxylic acid groups (broad SMARTS) is 1. The molecule has 6 rings (SSSR count). The average molecular weight is 685 g/mol. The van der Waals surface area contributed by atoms with Gasteiger partial charge in [-0.1, -0.05) is 30.3 Å². The molecular weight excluding hydrogens is 636 g/mol. The van der Waals surface area contributed by atoms with Crippen molar-refractivity contribution in [3.63, 3.8) is 0 Å². The summed E-state index contributed by atoms with van der Waals surface area (Å²) in [5.41, 5.74) is 4.18. The Morgan fingerprint density at radius 2 is 1.46 bits per heavy atom. The number of ether oxygens (including phenoxy) is 1. The lowest BCUT2D eigenvalue weighted by molar-refractivity contribution is -0.142. The number of carbonyl (C=O) groups excluding carboxylic acids is 3. The van der Waals surface area contributed by atoms with Crippen molar-refractivity contribution in [2.24, 2.45) is 11.8 Å². The molecule has 0 unspecified atom stereocenters. The summed E-state index contributed by atoms with van der Waals surface area (Å²) in [6.45, 7) is 4.31. The number of benzene rings is 2. The van der Waals surface area contributed by atoms with Crippen LogP contribution in [0.1, 0.15) is 49.7 Å². The maximum atomic E-state index is 14.1. The van der Waals surface area contributed by atoms with Crippen LogP contribution >= 0.6 is 0 Å². The quantitative estimate of drug-likeness (QED) is 0.342. The molecule has 0 bridgehead atoms. The molecule has 2 aromatic rings. The molecule has 0 saturated carbocycles. The van der Waals surface area contributed by atoms with E-state index in [1.807, 2.05) is 66.8 Å². The average Bonchev–Trinajstić information content (AvgIpc) is 3.28. The zero-order chi connectivity index (χ0) is 35.4. The maximum absolute atomic E-state index is 14.1. The first-order valence-electron chi connectivity index (χ1n) is 18.2. The highest BCUT2D eigenvalue weighted by molar-refractivity contribution is 6.41. The van der Waals surface area contributed by atoms with Crippen LogP contribution in [0.15, 0.2) is 36.4 Å². The number of urea groups is 1. The number of anilines is 1. The number of para-hydroxylation sites is 1. The third-order valence-electron chi connectivity index (χ3n) is 11.3. The van der Waals surface area contributed by atoms with Crippen molar-refractivity contribution in [3.8, 4) is 5.75 Å². The van der Waals surface area contributed by atoms with E-state index in [0.717, 1.165) is 62.0 Å². The molecule has 3 fully saturated rings. The summed E-state index contributed by atoms with van der Waals surface area (Å²) in [6.07, 6.45) is 4.37. The number of carboxylic acids is 1. The van der Waals surface area contributed by atoms with E-state index in [0.29, 0.717) is 68.3 Å². The Hall–Kier alpha value is -4.19. The van der Waals surface area contributed by atoms with E-state index in [4.69, 9.17) is 9.84 Å². The second-order valence-corrected chi connectivity index (χ2v) is 14.6. The van der Waals surface area contributed by atoms with Crippen LogP contribution in [-0.4, -0.2) is 134 Å². The van der Waals surface area contributed by atoms with Gasteiger partial charge < -0.3 is 35.0 Å². The third-order valence-corrected chi connectivity index (χ3v) is 11.3. The van der Waals surface area contributed by atoms with Gasteiger partial charge in [0.15, 0.2) is 6.10 Å². The normalized spacial score (nSPS) is 20.5. The largest absolute Gasteiger partial charge is 0.509 e. The van der Waals surface area contributed by atoms with Crippen molar-refractivity contribution in [3.05, 3.63) is 47.5 Å². The molecule has 12 nitrogen and oxygen atoms in total. The maximum Gasteiger partial charge on any atom is 0.410 e. The Bertz CT molecular complexity index is 1550. The van der Waals surface area contributed by atoms with Gasteiger partial charge in [-0.3, -0.25) is 14.5 Å². The number of nitrogens with zero attached hydrogens (tertiary/aromatic N) is 4. The van der Waals surface area contributed by atoms with E-state index in [1.54, 1.807) is 4.90 Å². The Labute approximate surface area is 295 Å². The fourth-order valence-corrected chi connectivity index (χ4v) is 8.42. The number of hydrogen-bond acceptors (Lipinski definition) is 7. The van der Waals surface area contributed by atoms with E-state index in [1.165, 1.54) is 0 Å². The van der Waals surface area contributed by atoms with E-state index >= 15 is 0 Å². The summed E-state index contributed by atoms with van der Waals surface area (Å²) in [6, 6.07) is 11.4. The highest BCUT2D eigenvalue weighted by Crippen LogP contribution is 2.33. The van der Waals surface area contributed by atoms with Crippen molar-refractivity contribution < 1.29 is 34.1 Å². The van der Waals surface area contributed by atoms with E-state index < -0.39 is 18.2 Å². The third kappa shape index (κ3) is 8.39. The molecule has 1 atom stereocenters. The highest BCUT2D eigenvalue weighted by atomic mass is 16.6. The van der Waals surface area contributed by atoms with Crippen LogP contribution in [0.3, 0.4) is 0 Å². The molecule has 0 radical (unpaired) electrons. The molecule has 50 heavy (non-hydrogen) atoms. The molecule has 266 valence electrons. The minimum Gasteiger partial charge on any atom is -0.509 e. The number of hydrogen-bond donors (Lipinski definition) is 3. The number of likely N-dealkylation sites (tertiary alicyclic amines) is 3.